The third-order valence-electron chi connectivity index (χ3n) is 3.16. The highest BCUT2D eigenvalue weighted by atomic mass is 16.5. The lowest BCUT2D eigenvalue weighted by atomic mass is 10.1. The summed E-state index contributed by atoms with van der Waals surface area (Å²) in [6, 6.07) is 5.56. The van der Waals surface area contributed by atoms with E-state index in [0.29, 0.717) is 18.8 Å². The van der Waals surface area contributed by atoms with Crippen LogP contribution in [-0.4, -0.2) is 16.2 Å². The minimum Gasteiger partial charge on any atom is -0.496 e. The molecule has 0 fully saturated rings. The third-order valence-corrected chi connectivity index (χ3v) is 3.16. The molecule has 1 aromatic carbocycles. The molecule has 106 valence electrons. The number of rotatable bonds is 4. The number of benzene rings is 1. The van der Waals surface area contributed by atoms with Crippen LogP contribution in [-0.2, 0) is 20.1 Å². The number of nitrogens with zero attached hydrogens (tertiary/aromatic N) is 2. The Morgan fingerprint density at radius 3 is 2.60 bits per heavy atom. The van der Waals surface area contributed by atoms with Gasteiger partial charge in [0.15, 0.2) is 0 Å². The van der Waals surface area contributed by atoms with E-state index in [1.54, 1.807) is 26.6 Å². The van der Waals surface area contributed by atoms with Gasteiger partial charge in [0.25, 0.3) is 0 Å². The molecule has 2 aromatic rings. The molecule has 0 spiro atoms. The monoisotopic (exact) mass is 275 g/mol. The summed E-state index contributed by atoms with van der Waals surface area (Å²) >= 11 is 0. The van der Waals surface area contributed by atoms with Crippen LogP contribution in [0, 0.1) is 0 Å². The van der Waals surface area contributed by atoms with E-state index in [9.17, 15) is 9.59 Å². The molecule has 1 heterocycles. The molecule has 0 aliphatic carbocycles. The van der Waals surface area contributed by atoms with Crippen molar-refractivity contribution in [1.29, 1.82) is 0 Å². The number of methoxy groups -OCH3 is 1. The second kappa shape index (κ2) is 5.75. The molecule has 6 nitrogen and oxygen atoms in total. The number of aromatic nitrogens is 2. The van der Waals surface area contributed by atoms with Crippen LogP contribution in [0.1, 0.15) is 11.1 Å². The Balaban J connectivity index is 2.38. The largest absolute Gasteiger partial charge is 0.496 e. The van der Waals surface area contributed by atoms with Crippen LogP contribution in [0.2, 0.25) is 0 Å². The number of hydrogen-bond acceptors (Lipinski definition) is 4. The third kappa shape index (κ3) is 2.65. The first-order valence-electron chi connectivity index (χ1n) is 6.18. The van der Waals surface area contributed by atoms with Gasteiger partial charge in [-0.1, -0.05) is 12.1 Å². The number of hydrogen-bond donors (Lipinski definition) is 1. The van der Waals surface area contributed by atoms with Crippen molar-refractivity contribution >= 4 is 0 Å². The summed E-state index contributed by atoms with van der Waals surface area (Å²) in [4.78, 5) is 23.4. The smallest absolute Gasteiger partial charge is 0.316 e. The molecule has 0 bridgehead atoms. The van der Waals surface area contributed by atoms with Crippen molar-refractivity contribution in [3.8, 4) is 5.75 Å². The maximum atomic E-state index is 11.8. The molecule has 20 heavy (non-hydrogen) atoms. The number of ether oxygens (including phenoxy) is 1. The normalized spacial score (nSPS) is 10.6. The summed E-state index contributed by atoms with van der Waals surface area (Å²) in [7, 11) is 3.12. The van der Waals surface area contributed by atoms with Crippen molar-refractivity contribution in [3.63, 3.8) is 0 Å². The zero-order valence-corrected chi connectivity index (χ0v) is 11.5. The number of aryl methyl sites for hydroxylation is 1. The molecule has 0 amide bonds. The average molecular weight is 275 g/mol. The lowest BCUT2D eigenvalue weighted by Gasteiger charge is -2.10. The van der Waals surface area contributed by atoms with Gasteiger partial charge < -0.3 is 19.6 Å². The lowest BCUT2D eigenvalue weighted by Crippen LogP contribution is -2.39. The molecule has 0 saturated carbocycles. The van der Waals surface area contributed by atoms with Crippen molar-refractivity contribution in [2.45, 2.75) is 13.1 Å². The highest BCUT2D eigenvalue weighted by Gasteiger charge is 2.06. The molecule has 6 heteroatoms. The summed E-state index contributed by atoms with van der Waals surface area (Å²) in [5.74, 6) is 0.682. The van der Waals surface area contributed by atoms with Crippen LogP contribution in [0.25, 0.3) is 0 Å². The molecular formula is C14H17N3O3. The van der Waals surface area contributed by atoms with Crippen LogP contribution in [0.15, 0.2) is 40.2 Å². The maximum Gasteiger partial charge on any atom is 0.316 e. The van der Waals surface area contributed by atoms with Crippen molar-refractivity contribution in [1.82, 2.24) is 9.13 Å². The predicted molar refractivity (Wildman–Crippen MR) is 75.9 cm³/mol. The Morgan fingerprint density at radius 2 is 1.95 bits per heavy atom. The fourth-order valence-corrected chi connectivity index (χ4v) is 1.97. The molecule has 1 aromatic heterocycles. The summed E-state index contributed by atoms with van der Waals surface area (Å²) in [6.45, 7) is 0.700. The van der Waals surface area contributed by atoms with Gasteiger partial charge in [0.1, 0.15) is 5.75 Å². The second-order valence-corrected chi connectivity index (χ2v) is 4.50. The Labute approximate surface area is 116 Å². The van der Waals surface area contributed by atoms with Crippen LogP contribution >= 0.6 is 0 Å². The minimum absolute atomic E-state index is 0.316. The van der Waals surface area contributed by atoms with Gasteiger partial charge in [-0.15, -0.1) is 0 Å². The van der Waals surface area contributed by atoms with Crippen LogP contribution < -0.4 is 21.6 Å². The maximum absolute atomic E-state index is 11.8. The Kier molecular flexibility index (Phi) is 4.05. The Hall–Kier alpha value is -2.34. The van der Waals surface area contributed by atoms with Crippen molar-refractivity contribution in [2.24, 2.45) is 12.8 Å². The standard InChI is InChI=1S/C14H17N3O3/c1-16-5-6-17(14(19)13(16)18)9-10-3-4-11(8-15)12(7-10)20-2/h3-7H,8-9,15H2,1-2H3. The highest BCUT2D eigenvalue weighted by molar-refractivity contribution is 5.37. The van der Waals surface area contributed by atoms with Crippen LogP contribution in [0.3, 0.4) is 0 Å². The first kappa shape index (κ1) is 14.1. The molecule has 2 N–H and O–H groups in total. The van der Waals surface area contributed by atoms with Crippen LogP contribution in [0.5, 0.6) is 5.75 Å². The summed E-state index contributed by atoms with van der Waals surface area (Å²) in [6.07, 6.45) is 3.16. The van der Waals surface area contributed by atoms with Crippen molar-refractivity contribution in [2.75, 3.05) is 7.11 Å². The molecular weight excluding hydrogens is 258 g/mol. The van der Waals surface area contributed by atoms with Gasteiger partial charge in [0.05, 0.1) is 13.7 Å². The topological polar surface area (TPSA) is 79.2 Å². The van der Waals surface area contributed by atoms with E-state index in [4.69, 9.17) is 10.5 Å². The van der Waals surface area contributed by atoms with Crippen LogP contribution in [0.4, 0.5) is 0 Å². The molecule has 0 unspecified atom stereocenters. The van der Waals surface area contributed by atoms with Crippen molar-refractivity contribution in [3.05, 3.63) is 62.4 Å². The summed E-state index contributed by atoms with van der Waals surface area (Å²) in [5, 5.41) is 0. The second-order valence-electron chi connectivity index (χ2n) is 4.50. The number of nitrogens with two attached hydrogens (primary N) is 1. The average Bonchev–Trinajstić information content (AvgIpc) is 2.47. The first-order valence-corrected chi connectivity index (χ1v) is 6.18. The van der Waals surface area contributed by atoms with E-state index < -0.39 is 11.1 Å². The SMILES string of the molecule is COc1cc(Cn2ccn(C)c(=O)c2=O)ccc1CN. The van der Waals surface area contributed by atoms with Gasteiger partial charge >= 0.3 is 11.1 Å². The van der Waals surface area contributed by atoms with E-state index in [1.807, 2.05) is 18.2 Å². The van der Waals surface area contributed by atoms with Crippen molar-refractivity contribution < 1.29 is 4.74 Å². The molecule has 0 aliphatic rings. The van der Waals surface area contributed by atoms with Gasteiger partial charge in [0, 0.05) is 31.5 Å². The van der Waals surface area contributed by atoms with Gasteiger partial charge in [0.2, 0.25) is 0 Å². The first-order chi connectivity index (χ1) is 9.56. The Bertz CT molecular complexity index is 731. The van der Waals surface area contributed by atoms with Gasteiger partial charge in [-0.3, -0.25) is 9.59 Å². The van der Waals surface area contributed by atoms with Gasteiger partial charge in [-0.05, 0) is 11.6 Å². The fourth-order valence-electron chi connectivity index (χ4n) is 1.97. The van der Waals surface area contributed by atoms with E-state index in [0.717, 1.165) is 11.1 Å². The zero-order chi connectivity index (χ0) is 14.7. The molecule has 2 rings (SSSR count). The molecule has 0 radical (unpaired) electrons. The fraction of sp³-hybridized carbons (Fsp3) is 0.286. The van der Waals surface area contributed by atoms with E-state index in [1.165, 1.54) is 9.13 Å². The molecule has 0 aliphatic heterocycles. The quantitative estimate of drug-likeness (QED) is 0.800. The summed E-state index contributed by atoms with van der Waals surface area (Å²) < 4.78 is 7.89. The van der Waals surface area contributed by atoms with E-state index in [-0.39, 0.29) is 0 Å². The van der Waals surface area contributed by atoms with E-state index >= 15 is 0 Å². The van der Waals surface area contributed by atoms with Gasteiger partial charge in [-0.2, -0.15) is 0 Å². The van der Waals surface area contributed by atoms with E-state index in [2.05, 4.69) is 0 Å². The molecule has 0 atom stereocenters. The summed E-state index contributed by atoms with van der Waals surface area (Å²) in [5.41, 5.74) is 6.29. The minimum atomic E-state index is -0.545. The Morgan fingerprint density at radius 1 is 1.20 bits per heavy atom. The van der Waals surface area contributed by atoms with Gasteiger partial charge in [-0.25, -0.2) is 0 Å². The highest BCUT2D eigenvalue weighted by Crippen LogP contribution is 2.19. The zero-order valence-electron chi connectivity index (χ0n) is 11.5. The predicted octanol–water partition coefficient (Wildman–Crippen LogP) is 0.0626. The molecule has 0 saturated heterocycles. The lowest BCUT2D eigenvalue weighted by molar-refractivity contribution is 0.409.